The zero-order chi connectivity index (χ0) is 12.1. The van der Waals surface area contributed by atoms with Crippen LogP contribution in [-0.2, 0) is 4.79 Å². The van der Waals surface area contributed by atoms with Gasteiger partial charge in [0.05, 0.1) is 4.92 Å². The summed E-state index contributed by atoms with van der Waals surface area (Å²) >= 11 is 0. The molecule has 0 bridgehead atoms. The number of anilines is 2. The third kappa shape index (κ3) is 3.08. The van der Waals surface area contributed by atoms with Crippen molar-refractivity contribution in [3.63, 3.8) is 0 Å². The van der Waals surface area contributed by atoms with Gasteiger partial charge in [0, 0.05) is 19.0 Å². The number of primary amides is 1. The quantitative estimate of drug-likeness (QED) is 0.471. The highest BCUT2D eigenvalue weighted by atomic mass is 16.6. The van der Waals surface area contributed by atoms with Gasteiger partial charge >= 0.3 is 5.69 Å². The fraction of sp³-hybridized carbons (Fsp3) is 0.250. The first-order valence-electron chi connectivity index (χ1n) is 4.44. The van der Waals surface area contributed by atoms with Crippen molar-refractivity contribution >= 4 is 23.2 Å². The minimum Gasteiger partial charge on any atom is -0.384 e. The van der Waals surface area contributed by atoms with Crippen molar-refractivity contribution in [2.45, 2.75) is 6.42 Å². The lowest BCUT2D eigenvalue weighted by Crippen LogP contribution is -2.16. The Labute approximate surface area is 90.8 Å². The van der Waals surface area contributed by atoms with Crippen LogP contribution in [0.3, 0.4) is 0 Å². The van der Waals surface area contributed by atoms with Crippen LogP contribution < -0.4 is 16.8 Å². The molecule has 0 fully saturated rings. The number of nitro groups is 1. The molecule has 8 heteroatoms. The molecule has 0 saturated heterocycles. The molecule has 16 heavy (non-hydrogen) atoms. The van der Waals surface area contributed by atoms with Gasteiger partial charge in [-0.15, -0.1) is 0 Å². The molecule has 0 aliphatic heterocycles. The Bertz CT molecular complexity index is 420. The van der Waals surface area contributed by atoms with Crippen molar-refractivity contribution < 1.29 is 9.72 Å². The third-order valence-electron chi connectivity index (χ3n) is 1.76. The van der Waals surface area contributed by atoms with Gasteiger partial charge in [0.25, 0.3) is 0 Å². The number of hydrogen-bond acceptors (Lipinski definition) is 6. The first-order valence-corrected chi connectivity index (χ1v) is 4.44. The number of nitrogens with zero attached hydrogens (tertiary/aromatic N) is 2. The maximum absolute atomic E-state index is 10.6. The molecule has 5 N–H and O–H groups in total. The molecule has 0 aromatic carbocycles. The molecule has 1 aromatic rings. The number of nitrogens with two attached hydrogens (primary N) is 2. The monoisotopic (exact) mass is 225 g/mol. The van der Waals surface area contributed by atoms with Crippen LogP contribution in [0.1, 0.15) is 6.42 Å². The van der Waals surface area contributed by atoms with E-state index < -0.39 is 10.8 Å². The fourth-order valence-electron chi connectivity index (χ4n) is 1.05. The third-order valence-corrected chi connectivity index (χ3v) is 1.76. The van der Waals surface area contributed by atoms with Gasteiger partial charge in [-0.2, -0.15) is 0 Å². The number of carbonyl (C=O) groups excluding carboxylic acids is 1. The van der Waals surface area contributed by atoms with E-state index >= 15 is 0 Å². The summed E-state index contributed by atoms with van der Waals surface area (Å²) in [6.07, 6.45) is 0.0631. The zero-order valence-corrected chi connectivity index (χ0v) is 8.34. The second kappa shape index (κ2) is 4.91. The van der Waals surface area contributed by atoms with Crippen LogP contribution in [0.25, 0.3) is 0 Å². The molecule has 0 aliphatic carbocycles. The van der Waals surface area contributed by atoms with E-state index in [4.69, 9.17) is 11.5 Å². The van der Waals surface area contributed by atoms with Crippen molar-refractivity contribution in [1.29, 1.82) is 0 Å². The van der Waals surface area contributed by atoms with E-state index in [9.17, 15) is 14.9 Å². The van der Waals surface area contributed by atoms with Gasteiger partial charge < -0.3 is 16.8 Å². The molecule has 0 atom stereocenters. The first kappa shape index (κ1) is 11.7. The van der Waals surface area contributed by atoms with Gasteiger partial charge in [0.2, 0.25) is 11.7 Å². The van der Waals surface area contributed by atoms with Gasteiger partial charge in [-0.05, 0) is 6.07 Å². The van der Waals surface area contributed by atoms with E-state index in [2.05, 4.69) is 10.3 Å². The Morgan fingerprint density at radius 2 is 2.25 bits per heavy atom. The molecule has 0 saturated carbocycles. The molecule has 1 amide bonds. The van der Waals surface area contributed by atoms with Gasteiger partial charge in [-0.25, -0.2) is 4.98 Å². The molecule has 0 unspecified atom stereocenters. The summed E-state index contributed by atoms with van der Waals surface area (Å²) in [5, 5.41) is 13.3. The highest BCUT2D eigenvalue weighted by molar-refractivity contribution is 5.74. The number of hydrogen-bond donors (Lipinski definition) is 3. The predicted octanol–water partition coefficient (Wildman–Crippen LogP) is -0.141. The van der Waals surface area contributed by atoms with Crippen molar-refractivity contribution in [1.82, 2.24) is 4.98 Å². The van der Waals surface area contributed by atoms with Crippen molar-refractivity contribution in [2.24, 2.45) is 5.73 Å². The number of carbonyl (C=O) groups is 1. The van der Waals surface area contributed by atoms with Crippen LogP contribution >= 0.6 is 0 Å². The Kier molecular flexibility index (Phi) is 3.59. The largest absolute Gasteiger partial charge is 0.384 e. The first-order chi connectivity index (χ1) is 7.50. The lowest BCUT2D eigenvalue weighted by atomic mass is 10.3. The molecule has 1 heterocycles. The van der Waals surface area contributed by atoms with Crippen molar-refractivity contribution in [2.75, 3.05) is 17.6 Å². The van der Waals surface area contributed by atoms with Gasteiger partial charge in [0.1, 0.15) is 5.82 Å². The van der Waals surface area contributed by atoms with Gasteiger partial charge in [0.15, 0.2) is 0 Å². The minimum atomic E-state index is -0.584. The number of aromatic nitrogens is 1. The fourth-order valence-corrected chi connectivity index (χ4v) is 1.05. The number of amides is 1. The second-order valence-corrected chi connectivity index (χ2v) is 3.00. The van der Waals surface area contributed by atoms with Crippen LogP contribution in [0.2, 0.25) is 0 Å². The number of nitrogen functional groups attached to an aromatic ring is 1. The smallest absolute Gasteiger partial charge is 0.311 e. The zero-order valence-electron chi connectivity index (χ0n) is 8.34. The van der Waals surface area contributed by atoms with E-state index in [1.165, 1.54) is 12.1 Å². The van der Waals surface area contributed by atoms with Gasteiger partial charge in [-0.3, -0.25) is 14.9 Å². The Morgan fingerprint density at radius 3 is 2.81 bits per heavy atom. The SMILES string of the molecule is NC(=O)CCNc1nc(N)ccc1[N+](=O)[O-]. The molecular weight excluding hydrogens is 214 g/mol. The predicted molar refractivity (Wildman–Crippen MR) is 57.6 cm³/mol. The number of rotatable bonds is 5. The summed E-state index contributed by atoms with van der Waals surface area (Å²) < 4.78 is 0. The number of nitrogens with one attached hydrogen (secondary N) is 1. The molecule has 0 radical (unpaired) electrons. The molecule has 8 nitrogen and oxygen atoms in total. The number of pyridine rings is 1. The highest BCUT2D eigenvalue weighted by Crippen LogP contribution is 2.22. The maximum Gasteiger partial charge on any atom is 0.311 e. The van der Waals surface area contributed by atoms with Crippen LogP contribution in [0, 0.1) is 10.1 Å². The van der Waals surface area contributed by atoms with Crippen LogP contribution in [0.4, 0.5) is 17.3 Å². The van der Waals surface area contributed by atoms with E-state index in [-0.39, 0.29) is 30.3 Å². The standard InChI is InChI=1S/C8H11N5O3/c9-6-2-1-5(13(15)16)8(12-6)11-4-3-7(10)14/h1-2H,3-4H2,(H2,10,14)(H3,9,11,12). The summed E-state index contributed by atoms with van der Waals surface area (Å²) in [6.45, 7) is 0.173. The van der Waals surface area contributed by atoms with Crippen molar-refractivity contribution in [3.8, 4) is 0 Å². The summed E-state index contributed by atoms with van der Waals surface area (Å²) in [7, 11) is 0. The average molecular weight is 225 g/mol. The Balaban J connectivity index is 2.80. The van der Waals surface area contributed by atoms with Gasteiger partial charge in [-0.1, -0.05) is 0 Å². The summed E-state index contributed by atoms with van der Waals surface area (Å²) in [5.41, 5.74) is 10.1. The maximum atomic E-state index is 10.6. The molecule has 1 rings (SSSR count). The normalized spacial score (nSPS) is 9.75. The highest BCUT2D eigenvalue weighted by Gasteiger charge is 2.14. The second-order valence-electron chi connectivity index (χ2n) is 3.00. The molecular formula is C8H11N5O3. The Morgan fingerprint density at radius 1 is 1.56 bits per heavy atom. The van der Waals surface area contributed by atoms with E-state index in [0.717, 1.165) is 0 Å². The average Bonchev–Trinajstić information content (AvgIpc) is 2.16. The molecule has 0 aliphatic rings. The lowest BCUT2D eigenvalue weighted by Gasteiger charge is -2.05. The van der Waals surface area contributed by atoms with E-state index in [1.54, 1.807) is 0 Å². The topological polar surface area (TPSA) is 137 Å². The summed E-state index contributed by atoms with van der Waals surface area (Å²) in [4.78, 5) is 24.3. The van der Waals surface area contributed by atoms with Crippen LogP contribution in [0.5, 0.6) is 0 Å². The minimum absolute atomic E-state index is 0.0336. The molecule has 0 spiro atoms. The molecule has 86 valence electrons. The van der Waals surface area contributed by atoms with Crippen LogP contribution in [-0.4, -0.2) is 22.4 Å². The van der Waals surface area contributed by atoms with E-state index in [1.807, 2.05) is 0 Å². The molecule has 1 aromatic heterocycles. The van der Waals surface area contributed by atoms with Crippen LogP contribution in [0.15, 0.2) is 12.1 Å². The van der Waals surface area contributed by atoms with Crippen molar-refractivity contribution in [3.05, 3.63) is 22.2 Å². The lowest BCUT2D eigenvalue weighted by molar-refractivity contribution is -0.384. The summed E-state index contributed by atoms with van der Waals surface area (Å²) in [6, 6.07) is 2.58. The Hall–Kier alpha value is -2.38. The summed E-state index contributed by atoms with van der Waals surface area (Å²) in [5.74, 6) is -0.308. The van der Waals surface area contributed by atoms with E-state index in [0.29, 0.717) is 0 Å².